The Bertz CT molecular complexity index is 1310. The molecule has 2 aromatic carbocycles. The Morgan fingerprint density at radius 3 is 2.25 bits per heavy atom. The highest BCUT2D eigenvalue weighted by molar-refractivity contribution is 5.80. The monoisotopic (exact) mass is 487 g/mol. The number of amides is 2. The molecule has 1 aliphatic heterocycles. The molecule has 0 saturated carbocycles. The molecule has 2 heterocycles. The van der Waals surface area contributed by atoms with E-state index in [1.165, 1.54) is 0 Å². The van der Waals surface area contributed by atoms with Gasteiger partial charge in [-0.15, -0.1) is 0 Å². The molecule has 4 rings (SSSR count). The molecule has 0 spiro atoms. The summed E-state index contributed by atoms with van der Waals surface area (Å²) in [6, 6.07) is 20.7. The third kappa shape index (κ3) is 4.91. The van der Waals surface area contributed by atoms with Gasteiger partial charge in [0, 0.05) is 44.1 Å². The van der Waals surface area contributed by atoms with E-state index in [1.807, 2.05) is 61.5 Å². The summed E-state index contributed by atoms with van der Waals surface area (Å²) in [6.45, 7) is 6.03. The van der Waals surface area contributed by atoms with E-state index in [1.54, 1.807) is 48.7 Å². The summed E-state index contributed by atoms with van der Waals surface area (Å²) in [6.07, 6.45) is 2.24. The summed E-state index contributed by atoms with van der Waals surface area (Å²) >= 11 is 0. The lowest BCUT2D eigenvalue weighted by Gasteiger charge is -2.46. The zero-order chi connectivity index (χ0) is 26.1. The summed E-state index contributed by atoms with van der Waals surface area (Å²) in [5.41, 5.74) is 7.61. The van der Waals surface area contributed by atoms with Crippen LogP contribution in [0.25, 0.3) is 11.1 Å². The molecule has 7 nitrogen and oxygen atoms in total. The predicted octanol–water partition coefficient (Wildman–Crippen LogP) is 4.75. The van der Waals surface area contributed by atoms with E-state index in [-0.39, 0.29) is 11.6 Å². The van der Waals surface area contributed by atoms with Crippen LogP contribution < -0.4 is 11.3 Å². The third-order valence-corrected chi connectivity index (χ3v) is 7.25. The summed E-state index contributed by atoms with van der Waals surface area (Å²) < 4.78 is 7.72. The topological polar surface area (TPSA) is 94.6 Å². The standard InChI is InChI=1S/C29H33N3O4/c1-20(21-10-12-22(13-11-21)23-14-15-25(33)31(4)18-23)32-17-16-29(36-27(32)35,19-28(2,3)26(30)34)24-8-6-5-7-9-24/h5-15,18,20H,16-17,19H2,1-4H3,(H2,30,34)/t20-,29?/m0/s1. The third-order valence-electron chi connectivity index (χ3n) is 7.25. The lowest BCUT2D eigenvalue weighted by molar-refractivity contribution is -0.133. The molecule has 36 heavy (non-hydrogen) atoms. The fourth-order valence-electron chi connectivity index (χ4n) is 4.89. The predicted molar refractivity (Wildman–Crippen MR) is 139 cm³/mol. The molecule has 2 N–H and O–H groups in total. The first kappa shape index (κ1) is 25.2. The molecule has 3 aromatic rings. The van der Waals surface area contributed by atoms with Gasteiger partial charge in [-0.2, -0.15) is 0 Å². The van der Waals surface area contributed by atoms with Crippen molar-refractivity contribution in [2.75, 3.05) is 6.54 Å². The lowest BCUT2D eigenvalue weighted by Crippen LogP contribution is -2.51. The van der Waals surface area contributed by atoms with Crippen LogP contribution >= 0.6 is 0 Å². The van der Waals surface area contributed by atoms with Gasteiger partial charge in [0.15, 0.2) is 0 Å². The van der Waals surface area contributed by atoms with Gasteiger partial charge in [0.05, 0.1) is 6.04 Å². The Kier molecular flexibility index (Phi) is 6.76. The van der Waals surface area contributed by atoms with Crippen LogP contribution in [0.4, 0.5) is 4.79 Å². The highest BCUT2D eigenvalue weighted by Gasteiger charge is 2.48. The second kappa shape index (κ2) is 9.64. The number of cyclic esters (lactones) is 1. The average Bonchev–Trinajstić information content (AvgIpc) is 2.86. The number of nitrogens with zero attached hydrogens (tertiary/aromatic N) is 2. The highest BCUT2D eigenvalue weighted by Crippen LogP contribution is 2.44. The van der Waals surface area contributed by atoms with Crippen LogP contribution in [0.15, 0.2) is 77.7 Å². The largest absolute Gasteiger partial charge is 0.438 e. The summed E-state index contributed by atoms with van der Waals surface area (Å²) in [7, 11) is 1.73. The van der Waals surface area contributed by atoms with Crippen molar-refractivity contribution < 1.29 is 14.3 Å². The number of primary amides is 1. The quantitative estimate of drug-likeness (QED) is 0.520. The Hall–Kier alpha value is -3.87. The van der Waals surface area contributed by atoms with E-state index in [2.05, 4.69) is 0 Å². The summed E-state index contributed by atoms with van der Waals surface area (Å²) in [5.74, 6) is -0.428. The number of carbonyl (C=O) groups excluding carboxylic acids is 2. The number of rotatable bonds is 7. The number of ether oxygens (including phenoxy) is 1. The van der Waals surface area contributed by atoms with Crippen LogP contribution in [0, 0.1) is 5.41 Å². The molecule has 1 aromatic heterocycles. The van der Waals surface area contributed by atoms with Crippen LogP contribution in [0.5, 0.6) is 0 Å². The molecule has 2 amide bonds. The molecule has 0 aliphatic carbocycles. The number of benzene rings is 2. The molecule has 1 saturated heterocycles. The van der Waals surface area contributed by atoms with Crippen LogP contribution in [-0.2, 0) is 22.2 Å². The van der Waals surface area contributed by atoms with Gasteiger partial charge in [-0.05, 0) is 35.2 Å². The molecule has 1 unspecified atom stereocenters. The van der Waals surface area contributed by atoms with Crippen molar-refractivity contribution in [1.82, 2.24) is 9.47 Å². The number of aromatic nitrogens is 1. The van der Waals surface area contributed by atoms with Crippen molar-refractivity contribution in [3.05, 3.63) is 94.4 Å². The van der Waals surface area contributed by atoms with Gasteiger partial charge in [0.25, 0.3) is 0 Å². The normalized spacial score (nSPS) is 19.0. The fraction of sp³-hybridized carbons (Fsp3) is 0.345. The van der Waals surface area contributed by atoms with Gasteiger partial charge < -0.3 is 19.9 Å². The maximum Gasteiger partial charge on any atom is 0.411 e. The molecule has 0 radical (unpaired) electrons. The first-order valence-electron chi connectivity index (χ1n) is 12.1. The second-order valence-corrected chi connectivity index (χ2v) is 10.3. The van der Waals surface area contributed by atoms with Gasteiger partial charge >= 0.3 is 6.09 Å². The zero-order valence-electron chi connectivity index (χ0n) is 21.2. The first-order chi connectivity index (χ1) is 17.0. The smallest absolute Gasteiger partial charge is 0.411 e. The first-order valence-corrected chi connectivity index (χ1v) is 12.1. The summed E-state index contributed by atoms with van der Waals surface area (Å²) in [5, 5.41) is 0. The molecular formula is C29H33N3O4. The zero-order valence-corrected chi connectivity index (χ0v) is 21.2. The average molecular weight is 488 g/mol. The van der Waals surface area contributed by atoms with Crippen molar-refractivity contribution in [3.63, 3.8) is 0 Å². The molecule has 1 fully saturated rings. The minimum Gasteiger partial charge on any atom is -0.438 e. The lowest BCUT2D eigenvalue weighted by atomic mass is 9.74. The van der Waals surface area contributed by atoms with E-state index in [9.17, 15) is 14.4 Å². The van der Waals surface area contributed by atoms with E-state index >= 15 is 0 Å². The van der Waals surface area contributed by atoms with Gasteiger partial charge in [0.1, 0.15) is 5.60 Å². The van der Waals surface area contributed by atoms with Crippen LogP contribution in [-0.4, -0.2) is 28.0 Å². The maximum absolute atomic E-state index is 13.4. The van der Waals surface area contributed by atoms with E-state index in [4.69, 9.17) is 10.5 Å². The maximum atomic E-state index is 13.4. The van der Waals surface area contributed by atoms with E-state index in [0.717, 1.165) is 22.3 Å². The molecule has 7 heteroatoms. The molecule has 188 valence electrons. The number of carbonyl (C=O) groups is 2. The Morgan fingerprint density at radius 2 is 1.67 bits per heavy atom. The Balaban J connectivity index is 1.56. The molecule has 0 bridgehead atoms. The fourth-order valence-corrected chi connectivity index (χ4v) is 4.89. The molecule has 2 atom stereocenters. The van der Waals surface area contributed by atoms with E-state index in [0.29, 0.717) is 19.4 Å². The highest BCUT2D eigenvalue weighted by atomic mass is 16.6. The van der Waals surface area contributed by atoms with Crippen molar-refractivity contribution in [1.29, 1.82) is 0 Å². The molecular weight excluding hydrogens is 454 g/mol. The minimum atomic E-state index is -0.930. The van der Waals surface area contributed by atoms with Crippen molar-refractivity contribution >= 4 is 12.0 Å². The number of hydrogen-bond donors (Lipinski definition) is 1. The van der Waals surface area contributed by atoms with E-state index < -0.39 is 23.0 Å². The Labute approximate surface area is 211 Å². The SMILES string of the molecule is C[C@@H](c1ccc(-c2ccc(=O)n(C)c2)cc1)N1CCC(CC(C)(C)C(N)=O)(c2ccccc2)OC1=O. The van der Waals surface area contributed by atoms with Crippen molar-refractivity contribution in [3.8, 4) is 11.1 Å². The van der Waals surface area contributed by atoms with Gasteiger partial charge in [-0.25, -0.2) is 4.79 Å². The number of nitrogens with two attached hydrogens (primary N) is 1. The van der Waals surface area contributed by atoms with Crippen LogP contribution in [0.3, 0.4) is 0 Å². The summed E-state index contributed by atoms with van der Waals surface area (Å²) in [4.78, 5) is 38.9. The number of hydrogen-bond acceptors (Lipinski definition) is 4. The molecule has 1 aliphatic rings. The van der Waals surface area contributed by atoms with Gasteiger partial charge in [-0.1, -0.05) is 68.4 Å². The number of pyridine rings is 1. The van der Waals surface area contributed by atoms with Crippen LogP contribution in [0.1, 0.15) is 50.8 Å². The number of aryl methyl sites for hydroxylation is 1. The second-order valence-electron chi connectivity index (χ2n) is 10.3. The van der Waals surface area contributed by atoms with Crippen molar-refractivity contribution in [2.45, 2.75) is 45.3 Å². The van der Waals surface area contributed by atoms with Crippen molar-refractivity contribution in [2.24, 2.45) is 18.2 Å². The van der Waals surface area contributed by atoms with Gasteiger partial charge in [-0.3, -0.25) is 9.59 Å². The minimum absolute atomic E-state index is 0.0570. The van der Waals surface area contributed by atoms with Crippen LogP contribution in [0.2, 0.25) is 0 Å². The van der Waals surface area contributed by atoms with Gasteiger partial charge in [0.2, 0.25) is 11.5 Å². The Morgan fingerprint density at radius 1 is 1.03 bits per heavy atom.